The van der Waals surface area contributed by atoms with Gasteiger partial charge in [-0.2, -0.15) is 13.2 Å². The second-order valence-electron chi connectivity index (χ2n) is 3.62. The molecule has 3 heteroatoms. The summed E-state index contributed by atoms with van der Waals surface area (Å²) in [6, 6.07) is 0. The molecule has 0 aromatic rings. The summed E-state index contributed by atoms with van der Waals surface area (Å²) in [7, 11) is 0. The largest absolute Gasteiger partial charge is 0.401 e. The van der Waals surface area contributed by atoms with E-state index in [1.165, 1.54) is 13.8 Å². The normalized spacial score (nSPS) is 29.6. The zero-order valence-electron chi connectivity index (χ0n) is 8.13. The van der Waals surface area contributed by atoms with Crippen molar-refractivity contribution in [2.24, 2.45) is 5.41 Å². The van der Waals surface area contributed by atoms with Gasteiger partial charge in [-0.3, -0.25) is 0 Å². The fraction of sp³-hybridized carbons (Fsp3) is 0.600. The quantitative estimate of drug-likeness (QED) is 0.545. The molecule has 0 bridgehead atoms. The molecule has 0 amide bonds. The first-order chi connectivity index (χ1) is 5.70. The molecule has 73 valence electrons. The number of halogens is 3. The van der Waals surface area contributed by atoms with E-state index < -0.39 is 11.6 Å². The van der Waals surface area contributed by atoms with E-state index in [-0.39, 0.29) is 0 Å². The van der Waals surface area contributed by atoms with Gasteiger partial charge in [0.05, 0.1) is 0 Å². The number of rotatable bonds is 0. The van der Waals surface area contributed by atoms with Gasteiger partial charge < -0.3 is 0 Å². The molecule has 0 heterocycles. The molecule has 0 aromatic carbocycles. The van der Waals surface area contributed by atoms with Crippen LogP contribution in [0, 0.1) is 11.5 Å². The van der Waals surface area contributed by atoms with Gasteiger partial charge in [0.25, 0.3) is 0 Å². The maximum Gasteiger partial charge on any atom is 0.401 e. The standard InChI is InChI=1S/C10H12F3/c1-6-5-9(4,10(11,12)13)8(3)7(6)2/h1-4H3. The van der Waals surface area contributed by atoms with Crippen molar-refractivity contribution in [1.29, 1.82) is 0 Å². The van der Waals surface area contributed by atoms with E-state index in [0.29, 0.717) is 16.7 Å². The van der Waals surface area contributed by atoms with Gasteiger partial charge in [0.2, 0.25) is 0 Å². The summed E-state index contributed by atoms with van der Waals surface area (Å²) in [4.78, 5) is 0. The summed E-state index contributed by atoms with van der Waals surface area (Å²) in [5.41, 5.74) is -0.198. The molecule has 0 nitrogen and oxygen atoms in total. The fourth-order valence-electron chi connectivity index (χ4n) is 1.50. The van der Waals surface area contributed by atoms with E-state index >= 15 is 0 Å². The third-order valence-corrected chi connectivity index (χ3v) is 2.88. The Bertz CT molecular complexity index is 294. The van der Waals surface area contributed by atoms with E-state index in [2.05, 4.69) is 6.08 Å². The van der Waals surface area contributed by atoms with Crippen molar-refractivity contribution >= 4 is 0 Å². The zero-order chi connectivity index (χ0) is 10.4. The minimum Gasteiger partial charge on any atom is -0.170 e. The summed E-state index contributed by atoms with van der Waals surface area (Å²) >= 11 is 0. The molecule has 0 fully saturated rings. The summed E-state index contributed by atoms with van der Waals surface area (Å²) in [6.07, 6.45) is -1.75. The van der Waals surface area contributed by atoms with E-state index in [0.717, 1.165) is 0 Å². The molecule has 0 saturated carbocycles. The van der Waals surface area contributed by atoms with E-state index in [1.54, 1.807) is 13.8 Å². The highest BCUT2D eigenvalue weighted by molar-refractivity contribution is 5.43. The Morgan fingerprint density at radius 1 is 1.15 bits per heavy atom. The van der Waals surface area contributed by atoms with E-state index in [1.807, 2.05) is 0 Å². The van der Waals surface area contributed by atoms with Crippen LogP contribution < -0.4 is 0 Å². The molecule has 1 aliphatic rings. The van der Waals surface area contributed by atoms with Gasteiger partial charge in [-0.05, 0) is 44.9 Å². The summed E-state index contributed by atoms with van der Waals surface area (Å²) in [5, 5.41) is 0. The van der Waals surface area contributed by atoms with Crippen molar-refractivity contribution in [2.75, 3.05) is 0 Å². The van der Waals surface area contributed by atoms with Crippen LogP contribution in [0.4, 0.5) is 13.2 Å². The number of alkyl halides is 3. The highest BCUT2D eigenvalue weighted by Gasteiger charge is 2.53. The van der Waals surface area contributed by atoms with Crippen molar-refractivity contribution in [2.45, 2.75) is 33.9 Å². The van der Waals surface area contributed by atoms with Gasteiger partial charge in [-0.15, -0.1) is 0 Å². The topological polar surface area (TPSA) is 0 Å². The number of hydrogen-bond acceptors (Lipinski definition) is 0. The third kappa shape index (κ3) is 1.30. The molecule has 13 heavy (non-hydrogen) atoms. The molecular formula is C10H12F3. The minimum atomic E-state index is -4.24. The van der Waals surface area contributed by atoms with E-state index in [4.69, 9.17) is 0 Å². The maximum atomic E-state index is 12.6. The van der Waals surface area contributed by atoms with Crippen molar-refractivity contribution < 1.29 is 13.2 Å². The molecule has 0 aromatic heterocycles. The van der Waals surface area contributed by atoms with Crippen molar-refractivity contribution in [3.8, 4) is 0 Å². The minimum absolute atomic E-state index is 0.359. The SMILES string of the molecule is CC1=[C]C(C)(C(F)(F)F)C(C)=C1C. The average Bonchev–Trinajstić information content (AvgIpc) is 2.15. The van der Waals surface area contributed by atoms with Gasteiger partial charge in [0.1, 0.15) is 5.41 Å². The lowest BCUT2D eigenvalue weighted by Crippen LogP contribution is -2.33. The smallest absolute Gasteiger partial charge is 0.170 e. The first-order valence-electron chi connectivity index (χ1n) is 4.07. The lowest BCUT2D eigenvalue weighted by atomic mass is 9.84. The maximum absolute atomic E-state index is 12.6. The Morgan fingerprint density at radius 2 is 1.62 bits per heavy atom. The summed E-state index contributed by atoms with van der Waals surface area (Å²) in [6.45, 7) is 6.05. The number of hydrogen-bond donors (Lipinski definition) is 0. The van der Waals surface area contributed by atoms with Gasteiger partial charge >= 0.3 is 6.18 Å². The van der Waals surface area contributed by atoms with Gasteiger partial charge in [-0.25, -0.2) is 0 Å². The first kappa shape index (κ1) is 10.4. The summed E-state index contributed by atoms with van der Waals surface area (Å²) in [5.74, 6) is 0. The Labute approximate surface area is 76.1 Å². The van der Waals surface area contributed by atoms with E-state index in [9.17, 15) is 13.2 Å². The molecule has 1 rings (SSSR count). The lowest BCUT2D eigenvalue weighted by molar-refractivity contribution is -0.188. The van der Waals surface area contributed by atoms with Gasteiger partial charge in [0.15, 0.2) is 0 Å². The van der Waals surface area contributed by atoms with Crippen LogP contribution in [0.3, 0.4) is 0 Å². The molecule has 0 spiro atoms. The highest BCUT2D eigenvalue weighted by atomic mass is 19.4. The third-order valence-electron chi connectivity index (χ3n) is 2.88. The Morgan fingerprint density at radius 3 is 1.77 bits per heavy atom. The Kier molecular flexibility index (Phi) is 2.09. The van der Waals surface area contributed by atoms with Crippen molar-refractivity contribution in [3.63, 3.8) is 0 Å². The molecule has 1 atom stereocenters. The van der Waals surface area contributed by atoms with Crippen molar-refractivity contribution in [1.82, 2.24) is 0 Å². The van der Waals surface area contributed by atoms with Crippen LogP contribution in [0.2, 0.25) is 0 Å². The Hall–Kier alpha value is -0.730. The highest BCUT2D eigenvalue weighted by Crippen LogP contribution is 2.50. The zero-order valence-corrected chi connectivity index (χ0v) is 8.13. The predicted octanol–water partition coefficient (Wildman–Crippen LogP) is 3.65. The lowest BCUT2D eigenvalue weighted by Gasteiger charge is -2.27. The van der Waals surface area contributed by atoms with Gasteiger partial charge in [-0.1, -0.05) is 5.57 Å². The second-order valence-corrected chi connectivity index (χ2v) is 3.62. The van der Waals surface area contributed by atoms with Crippen molar-refractivity contribution in [3.05, 3.63) is 22.8 Å². The predicted molar refractivity (Wildman–Crippen MR) is 45.0 cm³/mol. The Balaban J connectivity index is 3.25. The van der Waals surface area contributed by atoms with Crippen LogP contribution in [-0.4, -0.2) is 6.18 Å². The molecule has 0 aliphatic heterocycles. The van der Waals surface area contributed by atoms with Crippen LogP contribution in [0.25, 0.3) is 0 Å². The molecular weight excluding hydrogens is 177 g/mol. The van der Waals surface area contributed by atoms with Crippen LogP contribution >= 0.6 is 0 Å². The fourth-order valence-corrected chi connectivity index (χ4v) is 1.50. The number of allylic oxidation sites excluding steroid dienone is 4. The summed E-state index contributed by atoms with van der Waals surface area (Å²) < 4.78 is 37.9. The average molecular weight is 189 g/mol. The van der Waals surface area contributed by atoms with Crippen LogP contribution in [0.1, 0.15) is 27.7 Å². The van der Waals surface area contributed by atoms with Gasteiger partial charge in [0, 0.05) is 0 Å². The van der Waals surface area contributed by atoms with Crippen LogP contribution in [0.5, 0.6) is 0 Å². The van der Waals surface area contributed by atoms with Crippen LogP contribution in [0.15, 0.2) is 16.7 Å². The first-order valence-corrected chi connectivity index (χ1v) is 4.07. The molecule has 0 saturated heterocycles. The second kappa shape index (κ2) is 2.63. The van der Waals surface area contributed by atoms with Crippen LogP contribution in [-0.2, 0) is 0 Å². The molecule has 1 aliphatic carbocycles. The molecule has 1 radical (unpaired) electrons. The monoisotopic (exact) mass is 189 g/mol. The molecule has 1 unspecified atom stereocenters. The molecule has 0 N–H and O–H groups in total.